The number of furan rings is 1. The Morgan fingerprint density at radius 3 is 2.62 bits per heavy atom. The molecule has 1 N–H and O–H groups in total. The molecule has 3 aromatic rings. The first kappa shape index (κ1) is 15.5. The van der Waals surface area contributed by atoms with Gasteiger partial charge >= 0.3 is 0 Å². The number of benzene rings is 2. The molecular weight excluding hydrogens is 306 g/mol. The second-order valence-corrected chi connectivity index (χ2v) is 5.16. The number of hydrazone groups is 1. The number of hydrogen-bond donors (Lipinski definition) is 1. The smallest absolute Gasteiger partial charge is 0.280 e. The standard InChI is InChI=1S/C18H15N3O3/c1-13-6-2-4-8-16(13)20-19-12-14-10-11-18(24-14)15-7-3-5-9-17(15)21(22)23/h2-12,20H,1H3. The average molecular weight is 321 g/mol. The largest absolute Gasteiger partial charge is 0.455 e. The highest BCUT2D eigenvalue weighted by Gasteiger charge is 2.16. The van der Waals surface area contributed by atoms with E-state index in [4.69, 9.17) is 4.42 Å². The maximum absolute atomic E-state index is 11.1. The van der Waals surface area contributed by atoms with Crippen LogP contribution in [0, 0.1) is 17.0 Å². The number of aryl methyl sites for hydroxylation is 1. The van der Waals surface area contributed by atoms with Gasteiger partial charge in [-0.1, -0.05) is 30.3 Å². The number of para-hydroxylation sites is 2. The molecule has 0 amide bonds. The molecule has 0 spiro atoms. The van der Waals surface area contributed by atoms with E-state index in [1.165, 1.54) is 12.3 Å². The zero-order chi connectivity index (χ0) is 16.9. The van der Waals surface area contributed by atoms with Crippen molar-refractivity contribution in [2.45, 2.75) is 6.92 Å². The summed E-state index contributed by atoms with van der Waals surface area (Å²) in [4.78, 5) is 10.7. The van der Waals surface area contributed by atoms with Crippen LogP contribution < -0.4 is 5.43 Å². The molecule has 0 aliphatic carbocycles. The number of nitrogens with zero attached hydrogens (tertiary/aromatic N) is 2. The van der Waals surface area contributed by atoms with Gasteiger partial charge in [-0.25, -0.2) is 0 Å². The maximum atomic E-state index is 11.1. The molecule has 0 unspecified atom stereocenters. The van der Waals surface area contributed by atoms with Crippen molar-refractivity contribution in [3.8, 4) is 11.3 Å². The Bertz CT molecular complexity index is 900. The number of nitrogens with one attached hydrogen (secondary N) is 1. The van der Waals surface area contributed by atoms with Crippen LogP contribution in [0.5, 0.6) is 0 Å². The summed E-state index contributed by atoms with van der Waals surface area (Å²) in [5.74, 6) is 0.934. The second-order valence-electron chi connectivity index (χ2n) is 5.16. The minimum atomic E-state index is -0.425. The summed E-state index contributed by atoms with van der Waals surface area (Å²) in [6, 6.07) is 17.7. The fourth-order valence-corrected chi connectivity index (χ4v) is 2.27. The lowest BCUT2D eigenvalue weighted by Gasteiger charge is -2.02. The van der Waals surface area contributed by atoms with E-state index in [-0.39, 0.29) is 5.69 Å². The van der Waals surface area contributed by atoms with Crippen molar-refractivity contribution >= 4 is 17.6 Å². The second kappa shape index (κ2) is 6.78. The summed E-state index contributed by atoms with van der Waals surface area (Å²) >= 11 is 0. The van der Waals surface area contributed by atoms with E-state index in [1.807, 2.05) is 31.2 Å². The molecule has 6 heteroatoms. The number of anilines is 1. The first-order valence-electron chi connectivity index (χ1n) is 7.33. The Morgan fingerprint density at radius 1 is 1.08 bits per heavy atom. The van der Waals surface area contributed by atoms with E-state index in [0.717, 1.165) is 11.3 Å². The van der Waals surface area contributed by atoms with E-state index in [0.29, 0.717) is 17.1 Å². The van der Waals surface area contributed by atoms with Crippen LogP contribution in [0.3, 0.4) is 0 Å². The van der Waals surface area contributed by atoms with Gasteiger partial charge in [-0.05, 0) is 36.8 Å². The van der Waals surface area contributed by atoms with Gasteiger partial charge in [0.2, 0.25) is 0 Å². The fourth-order valence-electron chi connectivity index (χ4n) is 2.27. The quantitative estimate of drug-likeness (QED) is 0.423. The lowest BCUT2D eigenvalue weighted by molar-refractivity contribution is -0.384. The summed E-state index contributed by atoms with van der Waals surface area (Å²) in [6.07, 6.45) is 1.53. The van der Waals surface area contributed by atoms with E-state index in [9.17, 15) is 10.1 Å². The highest BCUT2D eigenvalue weighted by molar-refractivity contribution is 5.79. The minimum Gasteiger partial charge on any atom is -0.455 e. The summed E-state index contributed by atoms with van der Waals surface area (Å²) in [6.45, 7) is 1.98. The summed E-state index contributed by atoms with van der Waals surface area (Å²) in [7, 11) is 0. The van der Waals surface area contributed by atoms with Crippen molar-refractivity contribution < 1.29 is 9.34 Å². The summed E-state index contributed by atoms with van der Waals surface area (Å²) in [5, 5.41) is 15.2. The number of hydrogen-bond acceptors (Lipinski definition) is 5. The molecule has 1 aromatic heterocycles. The van der Waals surface area contributed by atoms with Gasteiger partial charge in [-0.2, -0.15) is 5.10 Å². The third kappa shape index (κ3) is 3.33. The Balaban J connectivity index is 1.78. The van der Waals surface area contributed by atoms with Crippen LogP contribution in [0.1, 0.15) is 11.3 Å². The minimum absolute atomic E-state index is 0.00775. The summed E-state index contributed by atoms with van der Waals surface area (Å²) < 4.78 is 5.63. The highest BCUT2D eigenvalue weighted by Crippen LogP contribution is 2.30. The lowest BCUT2D eigenvalue weighted by Crippen LogP contribution is -1.92. The SMILES string of the molecule is Cc1ccccc1NN=Cc1ccc(-c2ccccc2[N+](=O)[O-])o1. The van der Waals surface area contributed by atoms with Crippen LogP contribution in [0.2, 0.25) is 0 Å². The van der Waals surface area contributed by atoms with Gasteiger partial charge in [0.15, 0.2) is 0 Å². The van der Waals surface area contributed by atoms with Crippen molar-refractivity contribution in [1.29, 1.82) is 0 Å². The van der Waals surface area contributed by atoms with Crippen LogP contribution in [-0.2, 0) is 0 Å². The van der Waals surface area contributed by atoms with Gasteiger partial charge in [0.1, 0.15) is 11.5 Å². The molecule has 0 fully saturated rings. The van der Waals surface area contributed by atoms with Gasteiger partial charge in [0.25, 0.3) is 5.69 Å². The predicted molar refractivity (Wildman–Crippen MR) is 93.2 cm³/mol. The van der Waals surface area contributed by atoms with Gasteiger partial charge in [-0.3, -0.25) is 15.5 Å². The molecule has 2 aromatic carbocycles. The van der Waals surface area contributed by atoms with E-state index >= 15 is 0 Å². The Kier molecular flexibility index (Phi) is 4.38. The van der Waals surface area contributed by atoms with Gasteiger partial charge in [0.05, 0.1) is 22.4 Å². The average Bonchev–Trinajstić information content (AvgIpc) is 3.05. The number of nitro groups is 1. The zero-order valence-corrected chi connectivity index (χ0v) is 13.0. The molecule has 1 heterocycles. The predicted octanol–water partition coefficient (Wildman–Crippen LogP) is 4.61. The monoisotopic (exact) mass is 321 g/mol. The fraction of sp³-hybridized carbons (Fsp3) is 0.0556. The molecule has 0 atom stereocenters. The number of nitro benzene ring substituents is 1. The lowest BCUT2D eigenvalue weighted by atomic mass is 10.1. The van der Waals surface area contributed by atoms with Gasteiger partial charge < -0.3 is 4.42 Å². The molecule has 0 aliphatic rings. The Morgan fingerprint density at radius 2 is 1.83 bits per heavy atom. The molecule has 3 rings (SSSR count). The van der Waals surface area contributed by atoms with E-state index < -0.39 is 4.92 Å². The van der Waals surface area contributed by atoms with Crippen LogP contribution in [0.15, 0.2) is 70.2 Å². The zero-order valence-electron chi connectivity index (χ0n) is 13.0. The third-order valence-electron chi connectivity index (χ3n) is 3.51. The van der Waals surface area contributed by atoms with Crippen molar-refractivity contribution in [3.05, 3.63) is 82.1 Å². The summed E-state index contributed by atoms with van der Waals surface area (Å²) in [5.41, 5.74) is 5.37. The topological polar surface area (TPSA) is 80.7 Å². The van der Waals surface area contributed by atoms with Crippen LogP contribution in [0.4, 0.5) is 11.4 Å². The van der Waals surface area contributed by atoms with Crippen LogP contribution in [-0.4, -0.2) is 11.1 Å². The maximum Gasteiger partial charge on any atom is 0.280 e. The molecule has 0 saturated heterocycles. The third-order valence-corrected chi connectivity index (χ3v) is 3.51. The molecule has 6 nitrogen and oxygen atoms in total. The normalized spacial score (nSPS) is 10.9. The van der Waals surface area contributed by atoms with Gasteiger partial charge in [-0.15, -0.1) is 0 Å². The molecule has 0 radical (unpaired) electrons. The van der Waals surface area contributed by atoms with Crippen LogP contribution >= 0.6 is 0 Å². The van der Waals surface area contributed by atoms with Crippen molar-refractivity contribution in [2.24, 2.45) is 5.10 Å². The Labute approximate surface area is 138 Å². The molecule has 24 heavy (non-hydrogen) atoms. The molecule has 0 saturated carbocycles. The van der Waals surface area contributed by atoms with E-state index in [1.54, 1.807) is 30.3 Å². The molecule has 0 bridgehead atoms. The molecule has 0 aliphatic heterocycles. The van der Waals surface area contributed by atoms with Crippen molar-refractivity contribution in [2.75, 3.05) is 5.43 Å². The van der Waals surface area contributed by atoms with E-state index in [2.05, 4.69) is 10.5 Å². The van der Waals surface area contributed by atoms with Gasteiger partial charge in [0, 0.05) is 6.07 Å². The first-order chi connectivity index (χ1) is 11.6. The van der Waals surface area contributed by atoms with Crippen molar-refractivity contribution in [1.82, 2.24) is 0 Å². The number of rotatable bonds is 5. The first-order valence-corrected chi connectivity index (χ1v) is 7.33. The molecular formula is C18H15N3O3. The highest BCUT2D eigenvalue weighted by atomic mass is 16.6. The molecule has 120 valence electrons. The Hall–Kier alpha value is -3.41. The van der Waals surface area contributed by atoms with Crippen molar-refractivity contribution in [3.63, 3.8) is 0 Å². The van der Waals surface area contributed by atoms with Crippen LogP contribution in [0.25, 0.3) is 11.3 Å².